The van der Waals surface area contributed by atoms with E-state index in [1.165, 1.54) is 5.69 Å². The lowest BCUT2D eigenvalue weighted by atomic mass is 9.91. The van der Waals surface area contributed by atoms with Gasteiger partial charge in [-0.2, -0.15) is 11.8 Å². The summed E-state index contributed by atoms with van der Waals surface area (Å²) in [5.41, 5.74) is 1.59. The first-order valence-electron chi connectivity index (χ1n) is 10.9. The Morgan fingerprint density at radius 1 is 1.20 bits per heavy atom. The highest BCUT2D eigenvalue weighted by Crippen LogP contribution is 2.36. The van der Waals surface area contributed by atoms with Crippen molar-refractivity contribution in [2.45, 2.75) is 65.0 Å². The summed E-state index contributed by atoms with van der Waals surface area (Å²) in [6.07, 6.45) is 1.59. The van der Waals surface area contributed by atoms with Gasteiger partial charge in [-0.3, -0.25) is 9.69 Å². The number of benzene rings is 1. The molecule has 7 heteroatoms. The van der Waals surface area contributed by atoms with Crippen LogP contribution in [0.5, 0.6) is 0 Å². The van der Waals surface area contributed by atoms with Crippen LogP contribution >= 0.6 is 11.8 Å². The van der Waals surface area contributed by atoms with Gasteiger partial charge in [0.25, 0.3) is 0 Å². The van der Waals surface area contributed by atoms with E-state index in [4.69, 9.17) is 4.74 Å². The van der Waals surface area contributed by atoms with Crippen molar-refractivity contribution < 1.29 is 14.3 Å². The molecule has 2 amide bonds. The number of ether oxygens (including phenoxy) is 1. The fraction of sp³-hybridized carbons (Fsp3) is 0.652. The maximum Gasteiger partial charge on any atom is 0.411 e. The van der Waals surface area contributed by atoms with Crippen molar-refractivity contribution in [3.63, 3.8) is 0 Å². The minimum atomic E-state index is -0.864. The zero-order valence-electron chi connectivity index (χ0n) is 18.9. The molecule has 1 aromatic carbocycles. The largest absolute Gasteiger partial charge is 0.444 e. The summed E-state index contributed by atoms with van der Waals surface area (Å²) in [6, 6.07) is 6.21. The summed E-state index contributed by atoms with van der Waals surface area (Å²) < 4.78 is 5.59. The van der Waals surface area contributed by atoms with Crippen molar-refractivity contribution in [3.8, 4) is 0 Å². The van der Waals surface area contributed by atoms with E-state index in [1.54, 1.807) is 4.90 Å². The van der Waals surface area contributed by atoms with Crippen LogP contribution in [0.15, 0.2) is 18.2 Å². The third-order valence-corrected chi connectivity index (χ3v) is 6.89. The predicted molar refractivity (Wildman–Crippen MR) is 125 cm³/mol. The highest BCUT2D eigenvalue weighted by atomic mass is 32.2. The minimum Gasteiger partial charge on any atom is -0.444 e. The highest BCUT2D eigenvalue weighted by Gasteiger charge is 2.49. The van der Waals surface area contributed by atoms with Gasteiger partial charge in [-0.15, -0.1) is 0 Å². The first-order chi connectivity index (χ1) is 14.2. The van der Waals surface area contributed by atoms with E-state index in [0.29, 0.717) is 19.4 Å². The quantitative estimate of drug-likeness (QED) is 0.748. The molecule has 2 fully saturated rings. The monoisotopic (exact) mass is 433 g/mol. The topological polar surface area (TPSA) is 61.9 Å². The normalized spacial score (nSPS) is 22.2. The summed E-state index contributed by atoms with van der Waals surface area (Å²) in [7, 11) is 0. The van der Waals surface area contributed by atoms with E-state index >= 15 is 0 Å². The second-order valence-electron chi connectivity index (χ2n) is 9.17. The van der Waals surface area contributed by atoms with Gasteiger partial charge in [0, 0.05) is 42.5 Å². The molecule has 0 bridgehead atoms. The van der Waals surface area contributed by atoms with Crippen LogP contribution in [0.4, 0.5) is 16.2 Å². The predicted octanol–water partition coefficient (Wildman–Crippen LogP) is 4.67. The van der Waals surface area contributed by atoms with Crippen LogP contribution < -0.4 is 10.2 Å². The molecule has 6 nitrogen and oxygen atoms in total. The molecule has 0 aliphatic carbocycles. The van der Waals surface area contributed by atoms with Gasteiger partial charge in [-0.1, -0.05) is 6.92 Å². The number of nitrogens with one attached hydrogen (secondary N) is 1. The summed E-state index contributed by atoms with van der Waals surface area (Å²) in [4.78, 5) is 30.2. The Kier molecular flexibility index (Phi) is 6.90. The molecule has 3 rings (SSSR count). The molecule has 1 atom stereocenters. The Morgan fingerprint density at radius 2 is 1.90 bits per heavy atom. The Labute approximate surface area is 184 Å². The maximum absolute atomic E-state index is 13.4. The second-order valence-corrected chi connectivity index (χ2v) is 10.4. The van der Waals surface area contributed by atoms with Crippen molar-refractivity contribution in [1.82, 2.24) is 4.90 Å². The molecule has 1 N–H and O–H groups in total. The number of hydrogen-bond donors (Lipinski definition) is 1. The standard InChI is InChI=1S/C23H35N3O3S/c1-6-23(10-7-11-26(23)21(28)29-22(3,4)5)20(27)24-19-9-8-18(16-17(19)2)25-12-14-30-15-13-25/h8-9,16H,6-7,10-15H2,1-5H3,(H,24,27). The van der Waals surface area contributed by atoms with Crippen LogP contribution in [-0.2, 0) is 9.53 Å². The zero-order valence-corrected chi connectivity index (χ0v) is 19.7. The molecular weight excluding hydrogens is 398 g/mol. The SMILES string of the molecule is CCC1(C(=O)Nc2ccc(N3CCSCC3)cc2C)CCCN1C(=O)OC(C)(C)C. The molecule has 1 unspecified atom stereocenters. The van der Waals surface area contributed by atoms with Crippen molar-refractivity contribution >= 4 is 35.1 Å². The van der Waals surface area contributed by atoms with Crippen molar-refractivity contribution in [1.29, 1.82) is 0 Å². The zero-order chi connectivity index (χ0) is 21.9. The Bertz CT molecular complexity index is 786. The molecule has 0 radical (unpaired) electrons. The molecule has 2 heterocycles. The van der Waals surface area contributed by atoms with Crippen LogP contribution in [0, 0.1) is 6.92 Å². The maximum atomic E-state index is 13.4. The average Bonchev–Trinajstić information content (AvgIpc) is 3.14. The van der Waals surface area contributed by atoms with Gasteiger partial charge in [-0.05, 0) is 70.7 Å². The molecular formula is C23H35N3O3S. The van der Waals surface area contributed by atoms with Gasteiger partial charge >= 0.3 is 6.09 Å². The molecule has 0 spiro atoms. The number of anilines is 2. The van der Waals surface area contributed by atoms with Crippen molar-refractivity contribution in [3.05, 3.63) is 23.8 Å². The highest BCUT2D eigenvalue weighted by molar-refractivity contribution is 7.99. The third kappa shape index (κ3) is 4.88. The number of carbonyl (C=O) groups is 2. The van der Waals surface area contributed by atoms with Gasteiger partial charge in [0.1, 0.15) is 11.1 Å². The molecule has 2 aliphatic heterocycles. The van der Waals surface area contributed by atoms with E-state index in [-0.39, 0.29) is 5.91 Å². The Morgan fingerprint density at radius 3 is 2.50 bits per heavy atom. The van der Waals surface area contributed by atoms with Crippen molar-refractivity contribution in [2.24, 2.45) is 0 Å². The lowest BCUT2D eigenvalue weighted by Gasteiger charge is -2.37. The summed E-state index contributed by atoms with van der Waals surface area (Å²) in [5, 5.41) is 3.11. The van der Waals surface area contributed by atoms with E-state index in [1.807, 2.05) is 52.4 Å². The molecule has 2 saturated heterocycles. The average molecular weight is 434 g/mol. The first-order valence-corrected chi connectivity index (χ1v) is 12.1. The molecule has 166 valence electrons. The number of likely N-dealkylation sites (tertiary alicyclic amines) is 1. The van der Waals surface area contributed by atoms with Crippen LogP contribution in [0.3, 0.4) is 0 Å². The van der Waals surface area contributed by atoms with Gasteiger partial charge in [0.15, 0.2) is 0 Å². The molecule has 1 aromatic rings. The van der Waals surface area contributed by atoms with Gasteiger partial charge in [0.05, 0.1) is 0 Å². The summed E-state index contributed by atoms with van der Waals surface area (Å²) in [6.45, 7) is 12.2. The Hall–Kier alpha value is -1.89. The fourth-order valence-electron chi connectivity index (χ4n) is 4.27. The van der Waals surface area contributed by atoms with Crippen LogP contribution in [0.25, 0.3) is 0 Å². The smallest absolute Gasteiger partial charge is 0.411 e. The third-order valence-electron chi connectivity index (χ3n) is 5.94. The minimum absolute atomic E-state index is 0.126. The molecule has 0 aromatic heterocycles. The molecule has 2 aliphatic rings. The number of aryl methyl sites for hydroxylation is 1. The van der Waals surface area contributed by atoms with Gasteiger partial charge < -0.3 is 15.0 Å². The van der Waals surface area contributed by atoms with E-state index in [2.05, 4.69) is 22.3 Å². The van der Waals surface area contributed by atoms with Crippen LogP contribution in [-0.4, -0.2) is 59.2 Å². The lowest BCUT2D eigenvalue weighted by Crippen LogP contribution is -2.56. The van der Waals surface area contributed by atoms with Gasteiger partial charge in [-0.25, -0.2) is 4.79 Å². The number of rotatable bonds is 4. The summed E-state index contributed by atoms with van der Waals surface area (Å²) >= 11 is 1.99. The number of nitrogens with zero attached hydrogens (tertiary/aromatic N) is 2. The first kappa shape index (κ1) is 22.8. The molecule has 30 heavy (non-hydrogen) atoms. The van der Waals surface area contributed by atoms with Crippen molar-refractivity contribution in [2.75, 3.05) is 41.4 Å². The van der Waals surface area contributed by atoms with Crippen LogP contribution in [0.2, 0.25) is 0 Å². The number of carbonyl (C=O) groups excluding carboxylic acids is 2. The summed E-state index contributed by atoms with van der Waals surface area (Å²) in [5.74, 6) is 2.17. The number of thioether (sulfide) groups is 1. The fourth-order valence-corrected chi connectivity index (χ4v) is 5.17. The van der Waals surface area contributed by atoms with E-state index in [0.717, 1.165) is 42.3 Å². The second kappa shape index (κ2) is 9.08. The van der Waals surface area contributed by atoms with Crippen LogP contribution in [0.1, 0.15) is 52.5 Å². The van der Waals surface area contributed by atoms with E-state index < -0.39 is 17.2 Å². The molecule has 0 saturated carbocycles. The van der Waals surface area contributed by atoms with Gasteiger partial charge in [0.2, 0.25) is 5.91 Å². The van der Waals surface area contributed by atoms with E-state index in [9.17, 15) is 9.59 Å². The number of amides is 2. The number of hydrogen-bond acceptors (Lipinski definition) is 5. The lowest BCUT2D eigenvalue weighted by molar-refractivity contribution is -0.126. The Balaban J connectivity index is 1.76.